The molecule has 0 amide bonds. The highest BCUT2D eigenvalue weighted by Crippen LogP contribution is 2.36. The smallest absolute Gasteiger partial charge is 0.226 e. The minimum Gasteiger partial charge on any atom is -0.367 e. The Morgan fingerprint density at radius 2 is 2.12 bits per heavy atom. The minimum atomic E-state index is -0.320. The average molecular weight is 299 g/mol. The van der Waals surface area contributed by atoms with Gasteiger partial charge >= 0.3 is 0 Å². The largest absolute Gasteiger partial charge is 0.367 e. The molecule has 5 heteroatoms. The summed E-state index contributed by atoms with van der Waals surface area (Å²) in [6.45, 7) is 3.97. The molecule has 17 heavy (non-hydrogen) atoms. The summed E-state index contributed by atoms with van der Waals surface area (Å²) >= 11 is 3.37. The van der Waals surface area contributed by atoms with Crippen molar-refractivity contribution in [2.45, 2.75) is 19.8 Å². The molecule has 1 heterocycles. The fraction of sp³-hybridized carbons (Fsp3) is 0.250. The molecule has 0 aliphatic heterocycles. The van der Waals surface area contributed by atoms with E-state index in [1.165, 1.54) is 12.1 Å². The number of aromatic nitrogens is 1. The van der Waals surface area contributed by atoms with Crippen LogP contribution in [0.15, 0.2) is 27.2 Å². The third kappa shape index (κ3) is 2.20. The van der Waals surface area contributed by atoms with Gasteiger partial charge in [0.1, 0.15) is 11.5 Å². The third-order valence-corrected chi connectivity index (χ3v) is 3.21. The van der Waals surface area contributed by atoms with E-state index in [9.17, 15) is 4.39 Å². The maximum atomic E-state index is 13.3. The highest BCUT2D eigenvalue weighted by atomic mass is 79.9. The van der Waals surface area contributed by atoms with Gasteiger partial charge in [-0.2, -0.15) is 0 Å². The van der Waals surface area contributed by atoms with Crippen molar-refractivity contribution in [2.24, 2.45) is 0 Å². The second-order valence-electron chi connectivity index (χ2n) is 4.09. The zero-order valence-corrected chi connectivity index (χ0v) is 11.1. The van der Waals surface area contributed by atoms with Gasteiger partial charge in [-0.1, -0.05) is 34.9 Å². The minimum absolute atomic E-state index is 0.159. The van der Waals surface area contributed by atoms with Gasteiger partial charge in [-0.05, 0) is 24.1 Å². The van der Waals surface area contributed by atoms with Crippen LogP contribution >= 0.6 is 15.9 Å². The summed E-state index contributed by atoms with van der Waals surface area (Å²) in [7, 11) is 0. The van der Waals surface area contributed by atoms with Crippen molar-refractivity contribution >= 4 is 21.8 Å². The molecule has 2 rings (SSSR count). The summed E-state index contributed by atoms with van der Waals surface area (Å²) in [6, 6.07) is 4.43. The SMILES string of the molecule is CC(C)c1c(-c2cc(F)ccc2Br)noc1N. The van der Waals surface area contributed by atoms with Gasteiger partial charge in [-0.3, -0.25) is 0 Å². The molecule has 1 aromatic heterocycles. The third-order valence-electron chi connectivity index (χ3n) is 2.52. The normalized spacial score (nSPS) is 11.1. The van der Waals surface area contributed by atoms with Gasteiger partial charge in [-0.25, -0.2) is 4.39 Å². The number of benzene rings is 1. The summed E-state index contributed by atoms with van der Waals surface area (Å²) in [6.07, 6.45) is 0. The van der Waals surface area contributed by atoms with Crippen molar-refractivity contribution in [1.82, 2.24) is 5.16 Å². The number of nitrogens with zero attached hydrogens (tertiary/aromatic N) is 1. The first-order chi connectivity index (χ1) is 8.00. The number of hydrogen-bond donors (Lipinski definition) is 1. The highest BCUT2D eigenvalue weighted by molar-refractivity contribution is 9.10. The predicted molar refractivity (Wildman–Crippen MR) is 68.1 cm³/mol. The summed E-state index contributed by atoms with van der Waals surface area (Å²) in [4.78, 5) is 0. The fourth-order valence-corrected chi connectivity index (χ4v) is 2.18. The molecule has 0 atom stereocenters. The monoisotopic (exact) mass is 298 g/mol. The van der Waals surface area contributed by atoms with Gasteiger partial charge in [0.2, 0.25) is 5.88 Å². The van der Waals surface area contributed by atoms with Crippen molar-refractivity contribution in [3.63, 3.8) is 0 Å². The fourth-order valence-electron chi connectivity index (χ4n) is 1.74. The molecule has 1 aromatic carbocycles. The van der Waals surface area contributed by atoms with Crippen LogP contribution in [0.25, 0.3) is 11.3 Å². The van der Waals surface area contributed by atoms with E-state index in [1.54, 1.807) is 6.07 Å². The van der Waals surface area contributed by atoms with Gasteiger partial charge in [0.05, 0.1) is 0 Å². The van der Waals surface area contributed by atoms with Crippen molar-refractivity contribution in [3.05, 3.63) is 34.1 Å². The number of nitrogen functional groups attached to an aromatic ring is 1. The number of anilines is 1. The molecule has 2 N–H and O–H groups in total. The van der Waals surface area contributed by atoms with E-state index < -0.39 is 0 Å². The molecule has 0 fully saturated rings. The summed E-state index contributed by atoms with van der Waals surface area (Å²) < 4.78 is 19.0. The lowest BCUT2D eigenvalue weighted by Crippen LogP contribution is -1.95. The Morgan fingerprint density at radius 1 is 1.41 bits per heavy atom. The number of rotatable bonds is 2. The van der Waals surface area contributed by atoms with Crippen molar-refractivity contribution < 1.29 is 8.91 Å². The Morgan fingerprint density at radius 3 is 2.76 bits per heavy atom. The van der Waals surface area contributed by atoms with Gasteiger partial charge < -0.3 is 10.3 Å². The van der Waals surface area contributed by atoms with Crippen molar-refractivity contribution in [1.29, 1.82) is 0 Å². The zero-order chi connectivity index (χ0) is 12.6. The van der Waals surface area contributed by atoms with Crippen LogP contribution in [-0.4, -0.2) is 5.16 Å². The summed E-state index contributed by atoms with van der Waals surface area (Å²) in [5.74, 6) is 0.122. The van der Waals surface area contributed by atoms with E-state index in [-0.39, 0.29) is 17.6 Å². The summed E-state index contributed by atoms with van der Waals surface area (Å²) in [5, 5.41) is 3.91. The lowest BCUT2D eigenvalue weighted by molar-refractivity contribution is 0.438. The van der Waals surface area contributed by atoms with E-state index >= 15 is 0 Å². The quantitative estimate of drug-likeness (QED) is 0.913. The first kappa shape index (κ1) is 12.1. The van der Waals surface area contributed by atoms with Crippen molar-refractivity contribution in [2.75, 3.05) is 5.73 Å². The molecule has 0 radical (unpaired) electrons. The lowest BCUT2D eigenvalue weighted by atomic mass is 9.99. The topological polar surface area (TPSA) is 52.0 Å². The van der Waals surface area contributed by atoms with Crippen LogP contribution in [0.5, 0.6) is 0 Å². The molecule has 0 saturated carbocycles. The molecule has 0 aliphatic carbocycles. The average Bonchev–Trinajstić information content (AvgIpc) is 2.64. The van der Waals surface area contributed by atoms with E-state index in [0.717, 1.165) is 10.0 Å². The number of halogens is 2. The molecule has 0 aliphatic rings. The van der Waals surface area contributed by atoms with Gasteiger partial charge in [-0.15, -0.1) is 0 Å². The van der Waals surface area contributed by atoms with E-state index in [1.807, 2.05) is 13.8 Å². The Bertz CT molecular complexity index is 551. The Hall–Kier alpha value is -1.36. The zero-order valence-electron chi connectivity index (χ0n) is 9.50. The van der Waals surface area contributed by atoms with Gasteiger partial charge in [0.15, 0.2) is 0 Å². The molecule has 3 nitrogen and oxygen atoms in total. The highest BCUT2D eigenvalue weighted by Gasteiger charge is 2.20. The second-order valence-corrected chi connectivity index (χ2v) is 4.94. The number of hydrogen-bond acceptors (Lipinski definition) is 3. The first-order valence-corrected chi connectivity index (χ1v) is 6.00. The van der Waals surface area contributed by atoms with Crippen LogP contribution in [-0.2, 0) is 0 Å². The standard InChI is InChI=1S/C12H12BrFN2O/c1-6(2)10-11(16-17-12(10)15)8-5-7(14)3-4-9(8)13/h3-6H,15H2,1-2H3. The molecule has 0 spiro atoms. The van der Waals surface area contributed by atoms with Crippen LogP contribution in [0, 0.1) is 5.82 Å². The van der Waals surface area contributed by atoms with Crippen LogP contribution in [0.3, 0.4) is 0 Å². The van der Waals surface area contributed by atoms with Crippen LogP contribution in [0.1, 0.15) is 25.3 Å². The lowest BCUT2D eigenvalue weighted by Gasteiger charge is -2.07. The van der Waals surface area contributed by atoms with Gasteiger partial charge in [0, 0.05) is 15.6 Å². The van der Waals surface area contributed by atoms with E-state index in [2.05, 4.69) is 21.1 Å². The molecule has 0 unspecified atom stereocenters. The van der Waals surface area contributed by atoms with E-state index in [0.29, 0.717) is 11.3 Å². The predicted octanol–water partition coefficient (Wildman–Crippen LogP) is 3.95. The molecular weight excluding hydrogens is 287 g/mol. The van der Waals surface area contributed by atoms with Crippen LogP contribution < -0.4 is 5.73 Å². The molecular formula is C12H12BrFN2O. The Labute approximate surface area is 107 Å². The molecule has 0 saturated heterocycles. The van der Waals surface area contributed by atoms with Crippen LogP contribution in [0.2, 0.25) is 0 Å². The van der Waals surface area contributed by atoms with Crippen LogP contribution in [0.4, 0.5) is 10.3 Å². The maximum absolute atomic E-state index is 13.3. The maximum Gasteiger partial charge on any atom is 0.226 e. The Kier molecular flexibility index (Phi) is 3.19. The number of nitrogens with two attached hydrogens (primary N) is 1. The van der Waals surface area contributed by atoms with E-state index in [4.69, 9.17) is 10.3 Å². The van der Waals surface area contributed by atoms with Gasteiger partial charge in [0.25, 0.3) is 0 Å². The molecule has 90 valence electrons. The molecule has 0 bridgehead atoms. The summed E-state index contributed by atoms with van der Waals surface area (Å²) in [5.41, 5.74) is 7.77. The first-order valence-electron chi connectivity index (χ1n) is 5.21. The second kappa shape index (κ2) is 4.49. The molecule has 2 aromatic rings. The van der Waals surface area contributed by atoms with Crippen molar-refractivity contribution in [3.8, 4) is 11.3 Å². The Balaban J connectivity index is 2.64.